The van der Waals surface area contributed by atoms with E-state index in [1.54, 1.807) is 6.33 Å². The molecular weight excluding hydrogens is 270 g/mol. The van der Waals surface area contributed by atoms with Crippen molar-refractivity contribution in [3.05, 3.63) is 18.0 Å². The van der Waals surface area contributed by atoms with Gasteiger partial charge in [-0.2, -0.15) is 0 Å². The second-order valence-electron chi connectivity index (χ2n) is 9.12. The summed E-state index contributed by atoms with van der Waals surface area (Å²) in [6, 6.07) is 0. The molecule has 0 aliphatic rings. The van der Waals surface area contributed by atoms with Gasteiger partial charge in [-0.15, -0.1) is 0 Å². The lowest BCUT2D eigenvalue weighted by Crippen LogP contribution is -2.22. The first-order valence-electron chi connectivity index (χ1n) is 8.61. The van der Waals surface area contributed by atoms with Gasteiger partial charge in [-0.3, -0.25) is 0 Å². The average Bonchev–Trinajstić information content (AvgIpc) is 2.36. The molecule has 0 saturated heterocycles. The Bertz CT molecular complexity index is 472. The summed E-state index contributed by atoms with van der Waals surface area (Å²) in [6.07, 6.45) is 3.87. The van der Waals surface area contributed by atoms with E-state index in [0.717, 1.165) is 24.5 Å². The molecule has 0 amide bonds. The summed E-state index contributed by atoms with van der Waals surface area (Å²) in [6.45, 7) is 20.5. The van der Waals surface area contributed by atoms with Crippen molar-refractivity contribution in [1.29, 1.82) is 0 Å². The lowest BCUT2D eigenvalue weighted by molar-refractivity contribution is 0.212. The van der Waals surface area contributed by atoms with E-state index in [1.807, 2.05) is 0 Å². The molecule has 2 atom stereocenters. The number of hydrogen-bond acceptors (Lipinski definition) is 3. The molecule has 1 aromatic heterocycles. The summed E-state index contributed by atoms with van der Waals surface area (Å²) in [5, 5.41) is 0. The van der Waals surface area contributed by atoms with E-state index in [9.17, 15) is 0 Å². The van der Waals surface area contributed by atoms with Gasteiger partial charge in [-0.1, -0.05) is 62.3 Å². The Balaban J connectivity index is 2.87. The zero-order valence-corrected chi connectivity index (χ0v) is 16.1. The average molecular weight is 306 g/mol. The van der Waals surface area contributed by atoms with Gasteiger partial charge in [0.15, 0.2) is 0 Å². The summed E-state index contributed by atoms with van der Waals surface area (Å²) in [7, 11) is 0. The van der Waals surface area contributed by atoms with Crippen molar-refractivity contribution in [2.24, 2.45) is 16.7 Å². The van der Waals surface area contributed by atoms with Gasteiger partial charge < -0.3 is 0 Å². The van der Waals surface area contributed by atoms with Crippen molar-refractivity contribution in [3.8, 4) is 0 Å². The summed E-state index contributed by atoms with van der Waals surface area (Å²) >= 11 is 0. The van der Waals surface area contributed by atoms with Crippen LogP contribution in [0, 0.1) is 16.7 Å². The van der Waals surface area contributed by atoms with Gasteiger partial charge in [-0.25, -0.2) is 15.0 Å². The minimum Gasteiger partial charge on any atom is -0.221 e. The molecule has 22 heavy (non-hydrogen) atoms. The second kappa shape index (κ2) is 7.06. The highest BCUT2D eigenvalue weighted by Gasteiger charge is 2.27. The van der Waals surface area contributed by atoms with Gasteiger partial charge in [0, 0.05) is 11.8 Å². The molecule has 0 bridgehead atoms. The van der Waals surface area contributed by atoms with E-state index in [2.05, 4.69) is 72.3 Å². The maximum atomic E-state index is 4.78. The molecule has 0 fully saturated rings. The van der Waals surface area contributed by atoms with Crippen LogP contribution < -0.4 is 0 Å². The van der Waals surface area contributed by atoms with Crippen molar-refractivity contribution in [3.63, 3.8) is 0 Å². The van der Waals surface area contributed by atoms with E-state index >= 15 is 0 Å². The molecule has 0 spiro atoms. The van der Waals surface area contributed by atoms with Crippen molar-refractivity contribution in [2.45, 2.75) is 87.0 Å². The predicted octanol–water partition coefficient (Wildman–Crippen LogP) is 5.59. The fourth-order valence-corrected chi connectivity index (χ4v) is 2.92. The maximum absolute atomic E-state index is 4.78. The van der Waals surface area contributed by atoms with Crippen molar-refractivity contribution in [2.75, 3.05) is 0 Å². The van der Waals surface area contributed by atoms with Crippen LogP contribution in [0.4, 0.5) is 0 Å². The van der Waals surface area contributed by atoms with Crippen LogP contribution in [0.2, 0.25) is 0 Å². The Morgan fingerprint density at radius 2 is 1.27 bits per heavy atom. The Morgan fingerprint density at radius 3 is 1.68 bits per heavy atom. The van der Waals surface area contributed by atoms with E-state index in [1.165, 1.54) is 0 Å². The number of nitrogens with zero attached hydrogens (tertiary/aromatic N) is 3. The van der Waals surface area contributed by atoms with Gasteiger partial charge in [-0.05, 0) is 29.6 Å². The molecule has 1 aromatic rings. The normalized spacial score (nSPS) is 15.9. The molecule has 0 aliphatic heterocycles. The van der Waals surface area contributed by atoms with Crippen molar-refractivity contribution < 1.29 is 0 Å². The highest BCUT2D eigenvalue weighted by Crippen LogP contribution is 2.36. The molecule has 0 N–H and O–H groups in total. The van der Waals surface area contributed by atoms with Gasteiger partial charge >= 0.3 is 0 Å². The summed E-state index contributed by atoms with van der Waals surface area (Å²) in [5.41, 5.74) is 0.584. The Hall–Kier alpha value is -0.990. The molecule has 0 radical (unpaired) electrons. The number of rotatable bonds is 6. The van der Waals surface area contributed by atoms with Crippen LogP contribution in [0.3, 0.4) is 0 Å². The maximum Gasteiger partial charge on any atom is 0.135 e. The number of hydrogen-bond donors (Lipinski definition) is 0. The molecule has 3 heteroatoms. The molecule has 0 saturated carbocycles. The highest BCUT2D eigenvalue weighted by molar-refractivity contribution is 5.02. The van der Waals surface area contributed by atoms with Crippen LogP contribution in [0.5, 0.6) is 0 Å². The number of aromatic nitrogens is 3. The molecule has 126 valence electrons. The summed E-state index contributed by atoms with van der Waals surface area (Å²) in [4.78, 5) is 13.6. The third kappa shape index (κ3) is 5.66. The van der Waals surface area contributed by atoms with Crippen LogP contribution in [0.1, 0.15) is 98.6 Å². The smallest absolute Gasteiger partial charge is 0.135 e. The molecule has 0 aliphatic carbocycles. The van der Waals surface area contributed by atoms with E-state index in [4.69, 9.17) is 4.98 Å². The molecule has 2 unspecified atom stereocenters. The molecule has 3 nitrogen and oxygen atoms in total. The quantitative estimate of drug-likeness (QED) is 0.688. The minimum atomic E-state index is 0.289. The first-order valence-corrected chi connectivity index (χ1v) is 8.61. The first kappa shape index (κ1) is 19.1. The molecule has 1 rings (SSSR count). The van der Waals surface area contributed by atoms with E-state index in [-0.39, 0.29) is 5.41 Å². The van der Waals surface area contributed by atoms with E-state index < -0.39 is 0 Å². The van der Waals surface area contributed by atoms with Crippen LogP contribution in [0.15, 0.2) is 6.33 Å². The van der Waals surface area contributed by atoms with Crippen LogP contribution >= 0.6 is 0 Å². The molecule has 0 aromatic carbocycles. The van der Waals surface area contributed by atoms with Gasteiger partial charge in [0.05, 0.1) is 0 Å². The van der Waals surface area contributed by atoms with Crippen molar-refractivity contribution >= 4 is 0 Å². The third-order valence-corrected chi connectivity index (χ3v) is 4.80. The lowest BCUT2D eigenvalue weighted by atomic mass is 9.74. The Morgan fingerprint density at radius 1 is 0.818 bits per heavy atom. The summed E-state index contributed by atoms with van der Waals surface area (Å²) < 4.78 is 0. The monoisotopic (exact) mass is 305 g/mol. The van der Waals surface area contributed by atoms with Gasteiger partial charge in [0.1, 0.15) is 18.0 Å². The summed E-state index contributed by atoms with van der Waals surface area (Å²) in [5.74, 6) is 3.26. The lowest BCUT2D eigenvalue weighted by Gasteiger charge is -2.31. The first-order chi connectivity index (χ1) is 9.92. The van der Waals surface area contributed by atoms with E-state index in [0.29, 0.717) is 23.2 Å². The van der Waals surface area contributed by atoms with Gasteiger partial charge in [0.2, 0.25) is 0 Å². The third-order valence-electron chi connectivity index (χ3n) is 4.80. The molecular formula is C19H35N3. The fraction of sp³-hybridized carbons (Fsp3) is 0.842. The SMILES string of the molecule is CC(CC(C)(C)C)c1ncnc(C(C)CC(C)(C)C(C)C)n1. The van der Waals surface area contributed by atoms with Crippen LogP contribution in [-0.2, 0) is 0 Å². The molecule has 1 heterocycles. The largest absolute Gasteiger partial charge is 0.221 e. The van der Waals surface area contributed by atoms with Gasteiger partial charge in [0.25, 0.3) is 0 Å². The Labute approximate surface area is 137 Å². The second-order valence-corrected chi connectivity index (χ2v) is 9.12. The standard InChI is InChI=1S/C19H35N3/c1-13(2)19(8,9)11-15(4)17-21-12-20-16(22-17)14(3)10-18(5,6)7/h12-15H,10-11H2,1-9H3. The zero-order valence-electron chi connectivity index (χ0n) is 16.1. The van der Waals surface area contributed by atoms with Crippen molar-refractivity contribution in [1.82, 2.24) is 15.0 Å². The Kier molecular flexibility index (Phi) is 6.11. The highest BCUT2D eigenvalue weighted by atomic mass is 15.0. The van der Waals surface area contributed by atoms with Crippen LogP contribution in [0.25, 0.3) is 0 Å². The predicted molar refractivity (Wildman–Crippen MR) is 94.0 cm³/mol. The minimum absolute atomic E-state index is 0.289. The zero-order chi connectivity index (χ0) is 17.1. The fourth-order valence-electron chi connectivity index (χ4n) is 2.92. The topological polar surface area (TPSA) is 38.7 Å². The van der Waals surface area contributed by atoms with Crippen LogP contribution in [-0.4, -0.2) is 15.0 Å².